The van der Waals surface area contributed by atoms with E-state index in [-0.39, 0.29) is 5.54 Å². The van der Waals surface area contributed by atoms with E-state index in [9.17, 15) is 0 Å². The molecule has 1 aromatic carbocycles. The first-order valence-electron chi connectivity index (χ1n) is 6.37. The molecule has 1 unspecified atom stereocenters. The van der Waals surface area contributed by atoms with E-state index in [2.05, 4.69) is 32.6 Å². The number of nitrogens with zero attached hydrogens (tertiary/aromatic N) is 1. The van der Waals surface area contributed by atoms with Crippen molar-refractivity contribution in [1.82, 2.24) is 5.32 Å². The summed E-state index contributed by atoms with van der Waals surface area (Å²) in [5.74, 6) is 0. The second-order valence-electron chi connectivity index (χ2n) is 4.90. The zero-order chi connectivity index (χ0) is 13.7. The van der Waals surface area contributed by atoms with Crippen molar-refractivity contribution in [3.05, 3.63) is 28.2 Å². The molecule has 102 valence electrons. The number of methoxy groups -OCH3 is 1. The minimum atomic E-state index is -0.0193. The zero-order valence-corrected chi connectivity index (χ0v) is 12.6. The number of benzene rings is 1. The molecule has 1 saturated heterocycles. The number of anilines is 1. The lowest BCUT2D eigenvalue weighted by atomic mass is 9.98. The molecule has 0 amide bonds. The molecular formula is C14H18BrN3O. The van der Waals surface area contributed by atoms with Gasteiger partial charge in [0.2, 0.25) is 0 Å². The summed E-state index contributed by atoms with van der Waals surface area (Å²) in [6.45, 7) is 2.46. The Bertz CT molecular complexity index is 478. The van der Waals surface area contributed by atoms with E-state index in [4.69, 9.17) is 10.00 Å². The third kappa shape index (κ3) is 3.47. The van der Waals surface area contributed by atoms with E-state index >= 15 is 0 Å². The fourth-order valence-electron chi connectivity index (χ4n) is 2.50. The van der Waals surface area contributed by atoms with Gasteiger partial charge in [0, 0.05) is 18.1 Å². The van der Waals surface area contributed by atoms with Gasteiger partial charge in [0.25, 0.3) is 0 Å². The number of nitriles is 1. The monoisotopic (exact) mass is 323 g/mol. The predicted octanol–water partition coefficient (Wildman–Crippen LogP) is 2.50. The Morgan fingerprint density at radius 2 is 2.42 bits per heavy atom. The van der Waals surface area contributed by atoms with Crippen molar-refractivity contribution in [1.29, 1.82) is 5.26 Å². The van der Waals surface area contributed by atoms with Crippen LogP contribution < -0.4 is 10.6 Å². The van der Waals surface area contributed by atoms with E-state index < -0.39 is 0 Å². The molecule has 1 heterocycles. The first-order valence-corrected chi connectivity index (χ1v) is 7.16. The Hall–Kier alpha value is -1.09. The largest absolute Gasteiger partial charge is 0.383 e. The van der Waals surface area contributed by atoms with Gasteiger partial charge in [0.15, 0.2) is 0 Å². The van der Waals surface area contributed by atoms with Gasteiger partial charge in [0.1, 0.15) is 6.07 Å². The molecule has 0 aliphatic carbocycles. The standard InChI is InChI=1S/C14H18BrN3O/c1-19-10-14(5-2-6-18-14)9-17-13-4-3-12(15)7-11(13)8-16/h3-4,7,17-18H,2,5-6,9-10H2,1H3. The summed E-state index contributed by atoms with van der Waals surface area (Å²) in [4.78, 5) is 0. The SMILES string of the molecule is COCC1(CNc2ccc(Br)cc2C#N)CCCN1. The summed E-state index contributed by atoms with van der Waals surface area (Å²) in [6, 6.07) is 7.91. The van der Waals surface area contributed by atoms with Crippen LogP contribution in [0.3, 0.4) is 0 Å². The summed E-state index contributed by atoms with van der Waals surface area (Å²) in [5.41, 5.74) is 1.50. The molecule has 19 heavy (non-hydrogen) atoms. The minimum Gasteiger partial charge on any atom is -0.383 e. The van der Waals surface area contributed by atoms with Gasteiger partial charge in [-0.2, -0.15) is 5.26 Å². The maximum absolute atomic E-state index is 9.15. The Morgan fingerprint density at radius 1 is 1.58 bits per heavy atom. The van der Waals surface area contributed by atoms with Crippen molar-refractivity contribution in [2.24, 2.45) is 0 Å². The molecule has 4 nitrogen and oxygen atoms in total. The van der Waals surface area contributed by atoms with Gasteiger partial charge in [-0.05, 0) is 37.6 Å². The third-order valence-electron chi connectivity index (χ3n) is 3.47. The molecule has 1 aliphatic rings. The van der Waals surface area contributed by atoms with Gasteiger partial charge in [-0.15, -0.1) is 0 Å². The molecule has 1 atom stereocenters. The van der Waals surface area contributed by atoms with Gasteiger partial charge in [-0.3, -0.25) is 0 Å². The van der Waals surface area contributed by atoms with Crippen LogP contribution in [0.15, 0.2) is 22.7 Å². The van der Waals surface area contributed by atoms with Crippen molar-refractivity contribution in [3.8, 4) is 6.07 Å². The quantitative estimate of drug-likeness (QED) is 0.874. The number of hydrogen-bond acceptors (Lipinski definition) is 4. The molecule has 1 fully saturated rings. The topological polar surface area (TPSA) is 57.1 Å². The van der Waals surface area contributed by atoms with Crippen LogP contribution in [0.2, 0.25) is 0 Å². The number of ether oxygens (including phenoxy) is 1. The summed E-state index contributed by atoms with van der Waals surface area (Å²) in [5, 5.41) is 16.0. The Morgan fingerprint density at radius 3 is 3.05 bits per heavy atom. The van der Waals surface area contributed by atoms with Crippen molar-refractivity contribution < 1.29 is 4.74 Å². The summed E-state index contributed by atoms with van der Waals surface area (Å²) >= 11 is 3.38. The lowest BCUT2D eigenvalue weighted by Gasteiger charge is -2.29. The first-order chi connectivity index (χ1) is 9.19. The van der Waals surface area contributed by atoms with Gasteiger partial charge >= 0.3 is 0 Å². The molecule has 2 rings (SSSR count). The molecule has 0 spiro atoms. The van der Waals surface area contributed by atoms with Crippen molar-refractivity contribution in [2.75, 3.05) is 32.1 Å². The molecule has 0 radical (unpaired) electrons. The fourth-order valence-corrected chi connectivity index (χ4v) is 2.86. The van der Waals surface area contributed by atoms with E-state index in [1.807, 2.05) is 18.2 Å². The van der Waals surface area contributed by atoms with Crippen LogP contribution in [-0.2, 0) is 4.74 Å². The minimum absolute atomic E-state index is 0.0193. The Balaban J connectivity index is 2.07. The van der Waals surface area contributed by atoms with Crippen LogP contribution in [-0.4, -0.2) is 32.3 Å². The lowest BCUT2D eigenvalue weighted by Crippen LogP contribution is -2.49. The van der Waals surface area contributed by atoms with Gasteiger partial charge in [-0.1, -0.05) is 15.9 Å². The van der Waals surface area contributed by atoms with Crippen molar-refractivity contribution in [2.45, 2.75) is 18.4 Å². The van der Waals surface area contributed by atoms with Gasteiger partial charge in [-0.25, -0.2) is 0 Å². The smallest absolute Gasteiger partial charge is 0.101 e. The van der Waals surface area contributed by atoms with Crippen LogP contribution in [0.25, 0.3) is 0 Å². The maximum atomic E-state index is 9.15. The molecule has 1 aromatic rings. The summed E-state index contributed by atoms with van der Waals surface area (Å²) in [7, 11) is 1.72. The zero-order valence-electron chi connectivity index (χ0n) is 11.0. The Kier molecular flexibility index (Phi) is 4.81. The predicted molar refractivity (Wildman–Crippen MR) is 79.2 cm³/mol. The number of nitrogens with one attached hydrogen (secondary N) is 2. The lowest BCUT2D eigenvalue weighted by molar-refractivity contribution is 0.127. The van der Waals surface area contributed by atoms with Crippen molar-refractivity contribution in [3.63, 3.8) is 0 Å². The van der Waals surface area contributed by atoms with Crippen molar-refractivity contribution >= 4 is 21.6 Å². The second kappa shape index (κ2) is 6.38. The summed E-state index contributed by atoms with van der Waals surface area (Å²) < 4.78 is 6.24. The maximum Gasteiger partial charge on any atom is 0.101 e. The number of rotatable bonds is 5. The Labute approximate surface area is 122 Å². The molecule has 0 saturated carbocycles. The highest BCUT2D eigenvalue weighted by molar-refractivity contribution is 9.10. The summed E-state index contributed by atoms with van der Waals surface area (Å²) in [6.07, 6.45) is 2.25. The molecule has 0 bridgehead atoms. The molecule has 0 aromatic heterocycles. The number of halogens is 1. The van der Waals surface area contributed by atoms with Crippen LogP contribution in [0.5, 0.6) is 0 Å². The van der Waals surface area contributed by atoms with Crippen LogP contribution >= 0.6 is 15.9 Å². The molecule has 2 N–H and O–H groups in total. The van der Waals surface area contributed by atoms with Gasteiger partial charge < -0.3 is 15.4 Å². The normalized spacial score (nSPS) is 22.2. The molecule has 5 heteroatoms. The van der Waals surface area contributed by atoms with Crippen LogP contribution in [0.1, 0.15) is 18.4 Å². The van der Waals surface area contributed by atoms with Gasteiger partial charge in [0.05, 0.1) is 23.4 Å². The highest BCUT2D eigenvalue weighted by Crippen LogP contribution is 2.24. The first kappa shape index (κ1) is 14.3. The third-order valence-corrected chi connectivity index (χ3v) is 3.97. The van der Waals surface area contributed by atoms with Crippen LogP contribution in [0.4, 0.5) is 5.69 Å². The molecule has 1 aliphatic heterocycles. The molecular weight excluding hydrogens is 306 g/mol. The number of hydrogen-bond donors (Lipinski definition) is 2. The van der Waals surface area contributed by atoms with E-state index in [1.54, 1.807) is 7.11 Å². The van der Waals surface area contributed by atoms with E-state index in [0.29, 0.717) is 12.2 Å². The van der Waals surface area contributed by atoms with E-state index in [1.165, 1.54) is 0 Å². The van der Waals surface area contributed by atoms with Crippen LogP contribution in [0, 0.1) is 11.3 Å². The fraction of sp³-hybridized carbons (Fsp3) is 0.500. The van der Waals surface area contributed by atoms with E-state index in [0.717, 1.165) is 36.1 Å². The second-order valence-corrected chi connectivity index (χ2v) is 5.81. The highest BCUT2D eigenvalue weighted by Gasteiger charge is 2.33. The average Bonchev–Trinajstić information content (AvgIpc) is 2.86. The highest BCUT2D eigenvalue weighted by atomic mass is 79.9. The average molecular weight is 324 g/mol.